The van der Waals surface area contributed by atoms with E-state index in [2.05, 4.69) is 15.6 Å². The molecule has 4 rings (SSSR count). The zero-order valence-corrected chi connectivity index (χ0v) is 21.3. The van der Waals surface area contributed by atoms with E-state index in [1.165, 1.54) is 13.8 Å². The second-order valence-corrected chi connectivity index (χ2v) is 10.4. The summed E-state index contributed by atoms with van der Waals surface area (Å²) in [6, 6.07) is 13.3. The fraction of sp³-hybridized carbons (Fsp3) is 0.308. The lowest BCUT2D eigenvalue weighted by atomic mass is 9.99. The third-order valence-electron chi connectivity index (χ3n) is 6.16. The fourth-order valence-electron chi connectivity index (χ4n) is 4.05. The smallest absolute Gasteiger partial charge is 0.324 e. The van der Waals surface area contributed by atoms with Crippen molar-refractivity contribution in [3.05, 3.63) is 82.1 Å². The number of ketones is 1. The molecule has 200 valence electrons. The minimum absolute atomic E-state index is 0.159. The summed E-state index contributed by atoms with van der Waals surface area (Å²) in [5.41, 5.74) is -2.02. The van der Waals surface area contributed by atoms with Gasteiger partial charge in [-0.1, -0.05) is 41.7 Å². The number of hydrogen-bond acceptors (Lipinski definition) is 5. The molecule has 12 heteroatoms. The first-order valence-electron chi connectivity index (χ1n) is 11.7. The van der Waals surface area contributed by atoms with Gasteiger partial charge < -0.3 is 10.2 Å². The Balaban J connectivity index is 1.45. The second-order valence-electron chi connectivity index (χ2n) is 9.38. The molecule has 1 aliphatic heterocycles. The van der Waals surface area contributed by atoms with Crippen LogP contribution in [0.3, 0.4) is 0 Å². The van der Waals surface area contributed by atoms with Gasteiger partial charge >= 0.3 is 12.2 Å². The monoisotopic (exact) mass is 548 g/mol. The lowest BCUT2D eigenvalue weighted by Gasteiger charge is -2.28. The van der Waals surface area contributed by atoms with Crippen molar-refractivity contribution >= 4 is 34.2 Å². The highest BCUT2D eigenvalue weighted by molar-refractivity contribution is 7.18. The van der Waals surface area contributed by atoms with Crippen molar-refractivity contribution in [3.63, 3.8) is 0 Å². The summed E-state index contributed by atoms with van der Waals surface area (Å²) in [5, 5.41) is 4.45. The lowest BCUT2D eigenvalue weighted by Crippen LogP contribution is -2.55. The maximum Gasteiger partial charge on any atom is 0.435 e. The Labute approximate surface area is 219 Å². The highest BCUT2D eigenvalue weighted by Crippen LogP contribution is 2.37. The number of carbonyl (C=O) groups excluding carboxylic acids is 3. The van der Waals surface area contributed by atoms with Crippen molar-refractivity contribution in [2.45, 2.75) is 37.9 Å². The van der Waals surface area contributed by atoms with Crippen LogP contribution in [-0.4, -0.2) is 46.2 Å². The number of urea groups is 1. The van der Waals surface area contributed by atoms with Gasteiger partial charge in [-0.2, -0.15) is 13.2 Å². The number of thiazole rings is 1. The molecule has 3 aromatic rings. The van der Waals surface area contributed by atoms with Crippen LogP contribution in [0.15, 0.2) is 54.6 Å². The molecule has 1 unspecified atom stereocenters. The van der Waals surface area contributed by atoms with Gasteiger partial charge in [0.2, 0.25) is 5.78 Å². The highest BCUT2D eigenvalue weighted by atomic mass is 32.1. The molecule has 1 aliphatic rings. The predicted octanol–water partition coefficient (Wildman–Crippen LogP) is 5.45. The molecular weight excluding hydrogens is 524 g/mol. The number of alkyl halides is 3. The number of nitrogens with one attached hydrogen (secondary N) is 2. The van der Waals surface area contributed by atoms with E-state index in [9.17, 15) is 31.9 Å². The number of nitrogens with zero attached hydrogens (tertiary/aromatic N) is 2. The van der Waals surface area contributed by atoms with Crippen molar-refractivity contribution in [2.75, 3.05) is 18.4 Å². The van der Waals surface area contributed by atoms with E-state index < -0.39 is 51.0 Å². The lowest BCUT2D eigenvalue weighted by molar-refractivity contribution is -0.141. The Morgan fingerprint density at radius 3 is 2.32 bits per heavy atom. The van der Waals surface area contributed by atoms with E-state index in [4.69, 9.17) is 0 Å². The Bertz CT molecular complexity index is 1340. The minimum atomic E-state index is -4.97. The van der Waals surface area contributed by atoms with E-state index in [1.807, 2.05) is 30.3 Å². The average molecular weight is 549 g/mol. The normalized spacial score (nSPS) is 15.8. The number of hydrogen-bond donors (Lipinski definition) is 2. The summed E-state index contributed by atoms with van der Waals surface area (Å²) in [6.07, 6.45) is -4.21. The van der Waals surface area contributed by atoms with Crippen LogP contribution in [0.4, 0.5) is 27.5 Å². The summed E-state index contributed by atoms with van der Waals surface area (Å²) in [6.45, 7) is 3.77. The molecule has 1 fully saturated rings. The first kappa shape index (κ1) is 27.2. The Kier molecular flexibility index (Phi) is 7.54. The third-order valence-corrected chi connectivity index (χ3v) is 7.13. The second kappa shape index (κ2) is 10.5. The van der Waals surface area contributed by atoms with Crippen molar-refractivity contribution in [1.82, 2.24) is 15.2 Å². The molecule has 0 saturated carbocycles. The van der Waals surface area contributed by atoms with Crippen LogP contribution in [0.2, 0.25) is 0 Å². The molecule has 2 aromatic carbocycles. The molecule has 1 saturated heterocycles. The van der Waals surface area contributed by atoms with Crippen molar-refractivity contribution in [3.8, 4) is 0 Å². The number of halogens is 4. The SMILES string of the molecule is CC(C)(NC(=O)N1CCC(c2ccccc2)C1)C(=O)Nc1nc(C(F)(F)F)c(C(=O)c2ccc(F)cc2)s1. The van der Waals surface area contributed by atoms with E-state index in [0.717, 1.165) is 36.2 Å². The summed E-state index contributed by atoms with van der Waals surface area (Å²) in [7, 11) is 0. The Morgan fingerprint density at radius 1 is 1.03 bits per heavy atom. The molecule has 1 aromatic heterocycles. The molecule has 0 radical (unpaired) electrons. The van der Waals surface area contributed by atoms with Crippen LogP contribution < -0.4 is 10.6 Å². The first-order valence-corrected chi connectivity index (χ1v) is 12.5. The van der Waals surface area contributed by atoms with Gasteiger partial charge in [-0.15, -0.1) is 0 Å². The zero-order valence-electron chi connectivity index (χ0n) is 20.4. The zero-order chi connectivity index (χ0) is 27.7. The topological polar surface area (TPSA) is 91.4 Å². The van der Waals surface area contributed by atoms with Crippen LogP contribution in [0.1, 0.15) is 52.7 Å². The van der Waals surface area contributed by atoms with Crippen LogP contribution in [0, 0.1) is 5.82 Å². The van der Waals surface area contributed by atoms with Crippen molar-refractivity contribution < 1.29 is 31.9 Å². The molecular formula is C26H24F4N4O3S. The largest absolute Gasteiger partial charge is 0.435 e. The number of amides is 3. The molecule has 38 heavy (non-hydrogen) atoms. The Morgan fingerprint density at radius 2 is 1.68 bits per heavy atom. The van der Waals surface area contributed by atoms with Gasteiger partial charge in [0, 0.05) is 24.6 Å². The van der Waals surface area contributed by atoms with Gasteiger partial charge in [-0.05, 0) is 50.1 Å². The minimum Gasteiger partial charge on any atom is -0.324 e. The van der Waals surface area contributed by atoms with E-state index >= 15 is 0 Å². The summed E-state index contributed by atoms with van der Waals surface area (Å²) in [4.78, 5) is 42.8. The summed E-state index contributed by atoms with van der Waals surface area (Å²) < 4.78 is 54.1. The van der Waals surface area contributed by atoms with E-state index in [1.54, 1.807) is 4.90 Å². The van der Waals surface area contributed by atoms with Gasteiger partial charge in [0.05, 0.1) is 0 Å². The van der Waals surface area contributed by atoms with Gasteiger partial charge in [0.25, 0.3) is 5.91 Å². The fourth-order valence-corrected chi connectivity index (χ4v) is 4.99. The number of rotatable bonds is 6. The quantitative estimate of drug-likeness (QED) is 0.317. The standard InChI is InChI=1S/C26H24F4N4O3S/c1-25(2,33-24(37)34-13-12-17(14-34)15-6-4-3-5-7-15)22(36)32-23-31-21(26(28,29)30)20(38-23)19(35)16-8-10-18(27)11-9-16/h3-11,17H,12-14H2,1-2H3,(H,33,37)(H,31,32,36). The van der Waals surface area contributed by atoms with E-state index in [0.29, 0.717) is 24.4 Å². The number of likely N-dealkylation sites (tertiary alicyclic amines) is 1. The average Bonchev–Trinajstić information content (AvgIpc) is 3.52. The number of benzene rings is 2. The van der Waals surface area contributed by atoms with Gasteiger partial charge in [0.1, 0.15) is 16.2 Å². The van der Waals surface area contributed by atoms with Crippen molar-refractivity contribution in [2.24, 2.45) is 0 Å². The van der Waals surface area contributed by atoms with Crippen LogP contribution in [-0.2, 0) is 11.0 Å². The van der Waals surface area contributed by atoms with Crippen LogP contribution in [0.5, 0.6) is 0 Å². The molecule has 2 N–H and O–H groups in total. The van der Waals surface area contributed by atoms with Gasteiger partial charge in [0.15, 0.2) is 10.8 Å². The van der Waals surface area contributed by atoms with Crippen molar-refractivity contribution in [1.29, 1.82) is 0 Å². The summed E-state index contributed by atoms with van der Waals surface area (Å²) >= 11 is 0.351. The Hall–Kier alpha value is -3.80. The molecule has 3 amide bonds. The van der Waals surface area contributed by atoms with Crippen LogP contribution >= 0.6 is 11.3 Å². The molecule has 1 atom stereocenters. The van der Waals surface area contributed by atoms with E-state index in [-0.39, 0.29) is 11.5 Å². The molecule has 0 aliphatic carbocycles. The third kappa shape index (κ3) is 6.01. The summed E-state index contributed by atoms with van der Waals surface area (Å²) in [5.74, 6) is -2.31. The molecule has 0 spiro atoms. The van der Waals surface area contributed by atoms with Gasteiger partial charge in [-0.3, -0.25) is 14.9 Å². The highest BCUT2D eigenvalue weighted by Gasteiger charge is 2.41. The number of anilines is 1. The first-order chi connectivity index (χ1) is 17.8. The maximum absolute atomic E-state index is 13.6. The molecule has 7 nitrogen and oxygen atoms in total. The molecule has 2 heterocycles. The maximum atomic E-state index is 13.6. The van der Waals surface area contributed by atoms with Crippen LogP contribution in [0.25, 0.3) is 0 Å². The molecule has 0 bridgehead atoms. The number of carbonyl (C=O) groups is 3. The predicted molar refractivity (Wildman–Crippen MR) is 134 cm³/mol. The number of aromatic nitrogens is 1. The van der Waals surface area contributed by atoms with Gasteiger partial charge in [-0.25, -0.2) is 14.2 Å².